The van der Waals surface area contributed by atoms with Crippen LogP contribution in [0.3, 0.4) is 0 Å². The van der Waals surface area contributed by atoms with Crippen molar-refractivity contribution in [2.75, 3.05) is 24.4 Å². The van der Waals surface area contributed by atoms with Crippen molar-refractivity contribution in [1.82, 2.24) is 0 Å². The van der Waals surface area contributed by atoms with Crippen molar-refractivity contribution in [3.63, 3.8) is 0 Å². The minimum Gasteiger partial charge on any atom is -0.375 e. The fraction of sp³-hybridized carbons (Fsp3) is 0.368. The summed E-state index contributed by atoms with van der Waals surface area (Å²) in [6, 6.07) is 6.97. The smallest absolute Gasteiger partial charge is 0.258 e. The zero-order valence-electron chi connectivity index (χ0n) is 14.6. The minimum absolute atomic E-state index is 0.0409. The summed E-state index contributed by atoms with van der Waals surface area (Å²) in [7, 11) is 1.47. The first-order chi connectivity index (χ1) is 12.6. The van der Waals surface area contributed by atoms with Crippen LogP contribution in [0.5, 0.6) is 0 Å². The van der Waals surface area contributed by atoms with Crippen LogP contribution in [-0.2, 0) is 22.4 Å². The van der Waals surface area contributed by atoms with Crippen molar-refractivity contribution in [1.29, 1.82) is 0 Å². The Morgan fingerprint density at radius 3 is 2.58 bits per heavy atom. The Morgan fingerprint density at radius 2 is 1.85 bits per heavy atom. The van der Waals surface area contributed by atoms with E-state index in [1.54, 1.807) is 24.3 Å². The van der Waals surface area contributed by atoms with Gasteiger partial charge in [-0.3, -0.25) is 9.59 Å². The number of halogens is 1. The summed E-state index contributed by atoms with van der Waals surface area (Å²) in [5.74, 6) is -0.469. The van der Waals surface area contributed by atoms with Gasteiger partial charge in [-0.2, -0.15) is 0 Å². The van der Waals surface area contributed by atoms with Crippen LogP contribution < -0.4 is 10.6 Å². The lowest BCUT2D eigenvalue weighted by molar-refractivity contribution is -0.119. The zero-order valence-corrected chi connectivity index (χ0v) is 16.1. The molecule has 1 aromatic heterocycles. The standard InChI is InChI=1S/C19H21ClN2O3S/c1-25-11-16(23)22-19-17(14-5-3-2-4-6-15(14)26-19)18(24)21-13-9-7-12(20)8-10-13/h7-10H,2-6,11H2,1H3,(H,21,24)(H,22,23). The Morgan fingerprint density at radius 1 is 1.12 bits per heavy atom. The highest BCUT2D eigenvalue weighted by Gasteiger charge is 2.25. The first kappa shape index (κ1) is 18.9. The van der Waals surface area contributed by atoms with Gasteiger partial charge in [0.1, 0.15) is 11.6 Å². The van der Waals surface area contributed by atoms with Gasteiger partial charge in [0, 0.05) is 22.7 Å². The van der Waals surface area contributed by atoms with Crippen LogP contribution in [0.1, 0.15) is 40.1 Å². The quantitative estimate of drug-likeness (QED) is 0.736. The van der Waals surface area contributed by atoms with E-state index < -0.39 is 0 Å². The van der Waals surface area contributed by atoms with Crippen LogP contribution in [0.25, 0.3) is 0 Å². The molecule has 3 rings (SSSR count). The summed E-state index contributed by atoms with van der Waals surface area (Å²) in [4.78, 5) is 26.2. The number of aryl methyl sites for hydroxylation is 1. The van der Waals surface area contributed by atoms with Gasteiger partial charge in [-0.25, -0.2) is 0 Å². The molecular formula is C19H21ClN2O3S. The number of nitrogens with one attached hydrogen (secondary N) is 2. The predicted molar refractivity (Wildman–Crippen MR) is 105 cm³/mol. The van der Waals surface area contributed by atoms with E-state index in [9.17, 15) is 9.59 Å². The van der Waals surface area contributed by atoms with Crippen molar-refractivity contribution >= 4 is 45.4 Å². The Kier molecular flexibility index (Phi) is 6.29. The van der Waals surface area contributed by atoms with Gasteiger partial charge in [-0.15, -0.1) is 11.3 Å². The largest absolute Gasteiger partial charge is 0.375 e. The van der Waals surface area contributed by atoms with Crippen LogP contribution in [0.4, 0.5) is 10.7 Å². The maximum atomic E-state index is 13.0. The van der Waals surface area contributed by atoms with E-state index in [0.29, 0.717) is 21.3 Å². The van der Waals surface area contributed by atoms with Gasteiger partial charge in [0.25, 0.3) is 11.8 Å². The fourth-order valence-electron chi connectivity index (χ4n) is 3.09. The third-order valence-corrected chi connectivity index (χ3v) is 5.74. The highest BCUT2D eigenvalue weighted by molar-refractivity contribution is 7.17. The number of ether oxygens (including phenoxy) is 1. The molecule has 0 fully saturated rings. The van der Waals surface area contributed by atoms with Gasteiger partial charge in [0.2, 0.25) is 0 Å². The van der Waals surface area contributed by atoms with E-state index in [2.05, 4.69) is 10.6 Å². The Hall–Kier alpha value is -1.89. The number of amides is 2. The number of hydrogen-bond donors (Lipinski definition) is 2. The van der Waals surface area contributed by atoms with E-state index in [1.165, 1.54) is 23.3 Å². The topological polar surface area (TPSA) is 67.4 Å². The number of benzene rings is 1. The summed E-state index contributed by atoms with van der Waals surface area (Å²) in [6.07, 6.45) is 5.12. The van der Waals surface area contributed by atoms with Crippen LogP contribution in [0.15, 0.2) is 24.3 Å². The lowest BCUT2D eigenvalue weighted by Crippen LogP contribution is -2.20. The third kappa shape index (κ3) is 4.44. The van der Waals surface area contributed by atoms with Gasteiger partial charge < -0.3 is 15.4 Å². The number of anilines is 2. The number of fused-ring (bicyclic) bond motifs is 1. The average Bonchev–Trinajstić information content (AvgIpc) is 2.78. The minimum atomic E-state index is -0.260. The van der Waals surface area contributed by atoms with E-state index in [-0.39, 0.29) is 18.4 Å². The Balaban J connectivity index is 1.91. The molecule has 0 bridgehead atoms. The summed E-state index contributed by atoms with van der Waals surface area (Å²) < 4.78 is 4.88. The summed E-state index contributed by atoms with van der Waals surface area (Å²) in [5, 5.41) is 6.97. The Bertz CT molecular complexity index is 802. The number of methoxy groups -OCH3 is 1. The molecule has 0 atom stereocenters. The molecule has 2 amide bonds. The maximum Gasteiger partial charge on any atom is 0.258 e. The molecule has 1 aromatic carbocycles. The molecule has 5 nitrogen and oxygen atoms in total. The van der Waals surface area contributed by atoms with Crippen molar-refractivity contribution < 1.29 is 14.3 Å². The lowest BCUT2D eigenvalue weighted by atomic mass is 10.0. The Labute approximate surface area is 161 Å². The van der Waals surface area contributed by atoms with Crippen LogP contribution in [0.2, 0.25) is 5.02 Å². The molecule has 0 unspecified atom stereocenters. The molecule has 2 N–H and O–H groups in total. The van der Waals surface area contributed by atoms with Crippen molar-refractivity contribution in [3.8, 4) is 0 Å². The number of rotatable bonds is 5. The SMILES string of the molecule is COCC(=O)Nc1sc2c(c1C(=O)Nc1ccc(Cl)cc1)CCCCC2. The monoisotopic (exact) mass is 392 g/mol. The predicted octanol–water partition coefficient (Wildman–Crippen LogP) is 4.51. The molecule has 7 heteroatoms. The van der Waals surface area contributed by atoms with E-state index in [1.807, 2.05) is 0 Å². The summed E-state index contributed by atoms with van der Waals surface area (Å²) in [5.41, 5.74) is 2.31. The van der Waals surface area contributed by atoms with Crippen LogP contribution >= 0.6 is 22.9 Å². The van der Waals surface area contributed by atoms with Crippen molar-refractivity contribution in [2.45, 2.75) is 32.1 Å². The highest BCUT2D eigenvalue weighted by Crippen LogP contribution is 2.38. The van der Waals surface area contributed by atoms with Crippen LogP contribution in [0, 0.1) is 0 Å². The maximum absolute atomic E-state index is 13.0. The third-order valence-electron chi connectivity index (χ3n) is 4.28. The second kappa shape index (κ2) is 8.66. The van der Waals surface area contributed by atoms with E-state index in [0.717, 1.165) is 37.7 Å². The summed E-state index contributed by atoms with van der Waals surface area (Å²) >= 11 is 7.40. The summed E-state index contributed by atoms with van der Waals surface area (Å²) in [6.45, 7) is -0.0409. The van der Waals surface area contributed by atoms with Gasteiger partial charge in [-0.05, 0) is 55.5 Å². The van der Waals surface area contributed by atoms with Gasteiger partial charge in [-0.1, -0.05) is 18.0 Å². The highest BCUT2D eigenvalue weighted by atomic mass is 35.5. The van der Waals surface area contributed by atoms with Gasteiger partial charge >= 0.3 is 0 Å². The molecule has 138 valence electrons. The number of thiophene rings is 1. The molecule has 1 aliphatic rings. The average molecular weight is 393 g/mol. The molecule has 1 aliphatic carbocycles. The molecular weight excluding hydrogens is 372 g/mol. The second-order valence-corrected chi connectivity index (χ2v) is 7.75. The zero-order chi connectivity index (χ0) is 18.5. The molecule has 0 saturated heterocycles. The van der Waals surface area contributed by atoms with E-state index in [4.69, 9.17) is 16.3 Å². The number of hydrogen-bond acceptors (Lipinski definition) is 4. The first-order valence-corrected chi connectivity index (χ1v) is 9.78. The molecule has 2 aromatic rings. The normalized spacial score (nSPS) is 13.6. The second-order valence-electron chi connectivity index (χ2n) is 6.21. The molecule has 0 saturated carbocycles. The fourth-order valence-corrected chi connectivity index (χ4v) is 4.52. The number of carbonyl (C=O) groups excluding carboxylic acids is 2. The van der Waals surface area contributed by atoms with Crippen molar-refractivity contribution in [3.05, 3.63) is 45.3 Å². The van der Waals surface area contributed by atoms with Crippen molar-refractivity contribution in [2.24, 2.45) is 0 Å². The molecule has 1 heterocycles. The first-order valence-electron chi connectivity index (χ1n) is 8.58. The van der Waals surface area contributed by atoms with E-state index >= 15 is 0 Å². The number of carbonyl (C=O) groups is 2. The van der Waals surface area contributed by atoms with Crippen LogP contribution in [-0.4, -0.2) is 25.5 Å². The molecule has 26 heavy (non-hydrogen) atoms. The lowest BCUT2D eigenvalue weighted by Gasteiger charge is -2.10. The van der Waals surface area contributed by atoms with Gasteiger partial charge in [0.05, 0.1) is 5.56 Å². The molecule has 0 aliphatic heterocycles. The molecule has 0 radical (unpaired) electrons. The molecule has 0 spiro atoms. The van der Waals surface area contributed by atoms with Gasteiger partial charge in [0.15, 0.2) is 0 Å².